The highest BCUT2D eigenvalue weighted by Crippen LogP contribution is 2.33. The smallest absolute Gasteiger partial charge is 0.225 e. The maximum atomic E-state index is 5.22. The third kappa shape index (κ3) is 3.01. The Labute approximate surface area is 136 Å². The van der Waals surface area contributed by atoms with Gasteiger partial charge in [-0.05, 0) is 35.6 Å². The summed E-state index contributed by atoms with van der Waals surface area (Å²) >= 11 is 0. The summed E-state index contributed by atoms with van der Waals surface area (Å²) < 4.78 is 5.22. The monoisotopic (exact) mass is 310 g/mol. The first-order valence-corrected chi connectivity index (χ1v) is 8.19. The molecule has 1 aromatic carbocycles. The van der Waals surface area contributed by atoms with Gasteiger partial charge >= 0.3 is 0 Å². The topological polar surface area (TPSA) is 41.5 Å². The number of ether oxygens (including phenoxy) is 1. The van der Waals surface area contributed by atoms with E-state index in [9.17, 15) is 0 Å². The van der Waals surface area contributed by atoms with Gasteiger partial charge in [0, 0.05) is 45.1 Å². The Hall–Kier alpha value is -2.14. The van der Waals surface area contributed by atoms with Crippen LogP contribution >= 0.6 is 0 Å². The molecule has 2 atom stereocenters. The number of fused-ring (bicyclic) bond motifs is 1. The maximum absolute atomic E-state index is 5.22. The summed E-state index contributed by atoms with van der Waals surface area (Å²) in [6.07, 6.45) is 3.65. The molecule has 0 spiro atoms. The number of methoxy groups -OCH3 is 1. The lowest BCUT2D eigenvalue weighted by Gasteiger charge is -2.21. The van der Waals surface area contributed by atoms with Crippen LogP contribution in [0.5, 0.6) is 5.75 Å². The highest BCUT2D eigenvalue weighted by molar-refractivity contribution is 5.32. The van der Waals surface area contributed by atoms with Crippen LogP contribution in [0.3, 0.4) is 0 Å². The van der Waals surface area contributed by atoms with Gasteiger partial charge in [-0.15, -0.1) is 0 Å². The summed E-state index contributed by atoms with van der Waals surface area (Å²) in [5.74, 6) is 3.27. The van der Waals surface area contributed by atoms with Crippen molar-refractivity contribution in [2.24, 2.45) is 11.8 Å². The van der Waals surface area contributed by atoms with Crippen LogP contribution in [0.2, 0.25) is 0 Å². The molecule has 2 fully saturated rings. The fraction of sp³-hybridized carbons (Fsp3) is 0.444. The first-order chi connectivity index (χ1) is 11.3. The molecule has 5 heteroatoms. The Kier molecular flexibility index (Phi) is 3.87. The van der Waals surface area contributed by atoms with Crippen LogP contribution in [0.4, 0.5) is 5.95 Å². The summed E-state index contributed by atoms with van der Waals surface area (Å²) in [6.45, 7) is 5.51. The van der Waals surface area contributed by atoms with Crippen molar-refractivity contribution in [1.82, 2.24) is 14.9 Å². The third-order valence-corrected chi connectivity index (χ3v) is 4.96. The molecule has 0 radical (unpaired) electrons. The van der Waals surface area contributed by atoms with Crippen LogP contribution in [0, 0.1) is 11.8 Å². The molecule has 0 N–H and O–H groups in total. The quantitative estimate of drug-likeness (QED) is 0.864. The number of rotatable bonds is 4. The predicted molar refractivity (Wildman–Crippen MR) is 89.5 cm³/mol. The molecule has 2 aliphatic heterocycles. The fourth-order valence-corrected chi connectivity index (χ4v) is 3.83. The molecule has 2 aliphatic rings. The lowest BCUT2D eigenvalue weighted by molar-refractivity contribution is 0.308. The van der Waals surface area contributed by atoms with Crippen molar-refractivity contribution in [2.45, 2.75) is 6.54 Å². The SMILES string of the molecule is COc1ccc(CN2C[C@H]3CN(c4ncccn4)C[C@@H]3C2)cc1. The summed E-state index contributed by atoms with van der Waals surface area (Å²) in [5.41, 5.74) is 1.36. The van der Waals surface area contributed by atoms with Gasteiger partial charge in [0.2, 0.25) is 5.95 Å². The first kappa shape index (κ1) is 14.5. The van der Waals surface area contributed by atoms with Crippen LogP contribution in [-0.4, -0.2) is 48.2 Å². The minimum atomic E-state index is 0.733. The van der Waals surface area contributed by atoms with Crippen LogP contribution in [-0.2, 0) is 6.54 Å². The van der Waals surface area contributed by atoms with Crippen molar-refractivity contribution < 1.29 is 4.74 Å². The van der Waals surface area contributed by atoms with Crippen LogP contribution < -0.4 is 9.64 Å². The fourth-order valence-electron chi connectivity index (χ4n) is 3.83. The standard InChI is InChI=1S/C18H22N4O/c1-23-17-5-3-14(4-6-17)9-21-10-15-12-22(13-16(15)11-21)18-19-7-2-8-20-18/h2-8,15-16H,9-13H2,1H3/t15-,16-/m0/s1. The second-order valence-corrected chi connectivity index (χ2v) is 6.52. The second kappa shape index (κ2) is 6.16. The van der Waals surface area contributed by atoms with Crippen molar-refractivity contribution in [3.8, 4) is 5.75 Å². The zero-order valence-electron chi connectivity index (χ0n) is 13.4. The van der Waals surface area contributed by atoms with E-state index >= 15 is 0 Å². The van der Waals surface area contributed by atoms with E-state index in [0.29, 0.717) is 0 Å². The van der Waals surface area contributed by atoms with Gasteiger partial charge in [0.15, 0.2) is 0 Å². The van der Waals surface area contributed by atoms with E-state index in [0.717, 1.165) is 43.2 Å². The molecule has 0 saturated carbocycles. The Morgan fingerprint density at radius 2 is 1.65 bits per heavy atom. The van der Waals surface area contributed by atoms with E-state index in [-0.39, 0.29) is 0 Å². The molecule has 2 saturated heterocycles. The molecule has 120 valence electrons. The van der Waals surface area contributed by atoms with Gasteiger partial charge in [0.05, 0.1) is 7.11 Å². The Balaban J connectivity index is 1.35. The van der Waals surface area contributed by atoms with Crippen LogP contribution in [0.25, 0.3) is 0 Å². The minimum Gasteiger partial charge on any atom is -0.497 e. The summed E-state index contributed by atoms with van der Waals surface area (Å²) in [7, 11) is 1.71. The van der Waals surface area contributed by atoms with Crippen molar-refractivity contribution in [1.29, 1.82) is 0 Å². The van der Waals surface area contributed by atoms with Crippen LogP contribution in [0.1, 0.15) is 5.56 Å². The molecule has 0 bridgehead atoms. The summed E-state index contributed by atoms with van der Waals surface area (Å²) in [4.78, 5) is 13.7. The zero-order chi connectivity index (χ0) is 15.6. The van der Waals surface area contributed by atoms with Gasteiger partial charge in [-0.1, -0.05) is 12.1 Å². The number of nitrogens with zero attached hydrogens (tertiary/aromatic N) is 4. The molecule has 3 heterocycles. The normalized spacial score (nSPS) is 24.0. The van der Waals surface area contributed by atoms with Gasteiger partial charge in [-0.25, -0.2) is 9.97 Å². The minimum absolute atomic E-state index is 0.733. The van der Waals surface area contributed by atoms with E-state index in [2.05, 4.69) is 31.9 Å². The zero-order valence-corrected chi connectivity index (χ0v) is 13.4. The number of aromatic nitrogens is 2. The number of anilines is 1. The molecule has 5 nitrogen and oxygen atoms in total. The van der Waals surface area contributed by atoms with E-state index in [1.807, 2.05) is 30.6 Å². The molecule has 23 heavy (non-hydrogen) atoms. The lowest BCUT2D eigenvalue weighted by Crippen LogP contribution is -2.29. The Morgan fingerprint density at radius 1 is 1.00 bits per heavy atom. The maximum Gasteiger partial charge on any atom is 0.225 e. The first-order valence-electron chi connectivity index (χ1n) is 8.19. The highest BCUT2D eigenvalue weighted by atomic mass is 16.5. The van der Waals surface area contributed by atoms with Gasteiger partial charge in [-0.2, -0.15) is 0 Å². The molecule has 2 aromatic rings. The van der Waals surface area contributed by atoms with E-state index in [1.54, 1.807) is 7.11 Å². The molecule has 4 rings (SSSR count). The van der Waals surface area contributed by atoms with Crippen molar-refractivity contribution in [2.75, 3.05) is 38.2 Å². The average Bonchev–Trinajstić information content (AvgIpc) is 3.15. The molecular weight excluding hydrogens is 288 g/mol. The van der Waals surface area contributed by atoms with Gasteiger partial charge < -0.3 is 9.64 Å². The molecule has 0 amide bonds. The van der Waals surface area contributed by atoms with E-state index in [1.165, 1.54) is 18.7 Å². The van der Waals surface area contributed by atoms with Gasteiger partial charge in [0.1, 0.15) is 5.75 Å². The summed E-state index contributed by atoms with van der Waals surface area (Å²) in [6, 6.07) is 10.3. The van der Waals surface area contributed by atoms with Gasteiger partial charge in [0.25, 0.3) is 0 Å². The number of hydrogen-bond donors (Lipinski definition) is 0. The number of hydrogen-bond acceptors (Lipinski definition) is 5. The third-order valence-electron chi connectivity index (χ3n) is 4.96. The lowest BCUT2D eigenvalue weighted by atomic mass is 10.0. The molecular formula is C18H22N4O. The summed E-state index contributed by atoms with van der Waals surface area (Å²) in [5, 5.41) is 0. The van der Waals surface area contributed by atoms with Crippen molar-refractivity contribution >= 4 is 5.95 Å². The average molecular weight is 310 g/mol. The molecule has 0 aliphatic carbocycles. The van der Waals surface area contributed by atoms with Crippen molar-refractivity contribution in [3.63, 3.8) is 0 Å². The van der Waals surface area contributed by atoms with Gasteiger partial charge in [-0.3, -0.25) is 4.90 Å². The Morgan fingerprint density at radius 3 is 2.26 bits per heavy atom. The Bertz CT molecular complexity index is 632. The second-order valence-electron chi connectivity index (χ2n) is 6.52. The van der Waals surface area contributed by atoms with Crippen LogP contribution in [0.15, 0.2) is 42.7 Å². The largest absolute Gasteiger partial charge is 0.497 e. The number of benzene rings is 1. The van der Waals surface area contributed by atoms with E-state index < -0.39 is 0 Å². The van der Waals surface area contributed by atoms with E-state index in [4.69, 9.17) is 4.74 Å². The molecule has 1 aromatic heterocycles. The van der Waals surface area contributed by atoms with Crippen molar-refractivity contribution in [3.05, 3.63) is 48.3 Å². The molecule has 0 unspecified atom stereocenters. The predicted octanol–water partition coefficient (Wildman–Crippen LogP) is 2.05. The highest BCUT2D eigenvalue weighted by Gasteiger charge is 2.40. The number of likely N-dealkylation sites (tertiary alicyclic amines) is 1.